The van der Waals surface area contributed by atoms with E-state index in [1.807, 2.05) is 26.1 Å². The van der Waals surface area contributed by atoms with Crippen LogP contribution in [0.15, 0.2) is 12.1 Å². The molecule has 0 aromatic heterocycles. The van der Waals surface area contributed by atoms with Crippen LogP contribution < -0.4 is 15.4 Å². The summed E-state index contributed by atoms with van der Waals surface area (Å²) in [7, 11) is 3.61. The van der Waals surface area contributed by atoms with E-state index in [9.17, 15) is 0 Å². The number of rotatable bonds is 4. The van der Waals surface area contributed by atoms with Crippen molar-refractivity contribution in [1.29, 1.82) is 0 Å². The summed E-state index contributed by atoms with van der Waals surface area (Å²) in [4.78, 5) is 2.08. The summed E-state index contributed by atoms with van der Waals surface area (Å²) < 4.78 is 5.15. The predicted octanol–water partition coefficient (Wildman–Crippen LogP) is 2.05. The van der Waals surface area contributed by atoms with E-state index >= 15 is 0 Å². The monoisotopic (exact) mass is 228 g/mol. The molecule has 4 heteroatoms. The van der Waals surface area contributed by atoms with Gasteiger partial charge in [0.1, 0.15) is 5.75 Å². The lowest BCUT2D eigenvalue weighted by molar-refractivity contribution is 0.414. The molecule has 2 N–H and O–H groups in total. The fourth-order valence-corrected chi connectivity index (χ4v) is 1.76. The zero-order chi connectivity index (χ0) is 11.4. The predicted molar refractivity (Wildman–Crippen MR) is 65.1 cm³/mol. The molecule has 1 aromatic rings. The van der Waals surface area contributed by atoms with E-state index in [0.29, 0.717) is 17.3 Å². The quantitative estimate of drug-likeness (QED) is 0.858. The Kier molecular flexibility index (Phi) is 4.24. The number of halogens is 1. The Labute approximate surface area is 95.8 Å². The van der Waals surface area contributed by atoms with Gasteiger partial charge in [-0.15, -0.1) is 0 Å². The Bertz CT molecular complexity index is 342. The van der Waals surface area contributed by atoms with Crippen molar-refractivity contribution in [2.24, 2.45) is 5.73 Å². The minimum atomic E-state index is 0.625. The molecule has 0 bridgehead atoms. The molecule has 84 valence electrons. The number of benzene rings is 1. The minimum absolute atomic E-state index is 0.625. The van der Waals surface area contributed by atoms with Gasteiger partial charge in [0.2, 0.25) is 0 Å². The highest BCUT2D eigenvalue weighted by atomic mass is 35.5. The smallest absolute Gasteiger partial charge is 0.137 e. The third-order valence-electron chi connectivity index (χ3n) is 2.35. The Hall–Kier alpha value is -0.930. The number of methoxy groups -OCH3 is 1. The molecule has 15 heavy (non-hydrogen) atoms. The van der Waals surface area contributed by atoms with Crippen molar-refractivity contribution in [2.45, 2.75) is 6.92 Å². The third-order valence-corrected chi connectivity index (χ3v) is 2.64. The maximum atomic E-state index is 6.06. The summed E-state index contributed by atoms with van der Waals surface area (Å²) in [5.74, 6) is 0.707. The van der Waals surface area contributed by atoms with E-state index in [-0.39, 0.29) is 0 Å². The molecule has 1 aromatic carbocycles. The molecular formula is C11H17ClN2O. The standard InChI is InChI=1S/C11H17ClN2O/c1-8-6-11(15-3)9(12)7-10(8)14(2)5-4-13/h6-7H,4-5,13H2,1-3H3. The first-order valence-corrected chi connectivity index (χ1v) is 5.23. The van der Waals surface area contributed by atoms with E-state index in [1.165, 1.54) is 0 Å². The summed E-state index contributed by atoms with van der Waals surface area (Å²) in [6, 6.07) is 3.84. The number of nitrogens with zero attached hydrogens (tertiary/aromatic N) is 1. The topological polar surface area (TPSA) is 38.5 Å². The summed E-state index contributed by atoms with van der Waals surface area (Å²) >= 11 is 6.06. The minimum Gasteiger partial charge on any atom is -0.495 e. The highest BCUT2D eigenvalue weighted by Gasteiger charge is 2.09. The number of likely N-dealkylation sites (N-methyl/N-ethyl adjacent to an activating group) is 1. The summed E-state index contributed by atoms with van der Waals surface area (Å²) in [6.45, 7) is 3.46. The summed E-state index contributed by atoms with van der Waals surface area (Å²) in [5, 5.41) is 0.627. The molecule has 3 nitrogen and oxygen atoms in total. The van der Waals surface area contributed by atoms with Gasteiger partial charge in [-0.25, -0.2) is 0 Å². The second kappa shape index (κ2) is 5.24. The van der Waals surface area contributed by atoms with Crippen molar-refractivity contribution < 1.29 is 4.74 Å². The van der Waals surface area contributed by atoms with Crippen LogP contribution in [-0.4, -0.2) is 27.2 Å². The molecule has 0 unspecified atom stereocenters. The fraction of sp³-hybridized carbons (Fsp3) is 0.455. The van der Waals surface area contributed by atoms with Crippen LogP contribution in [0.3, 0.4) is 0 Å². The van der Waals surface area contributed by atoms with Crippen molar-refractivity contribution in [3.8, 4) is 5.75 Å². The summed E-state index contributed by atoms with van der Waals surface area (Å²) in [6.07, 6.45) is 0. The number of anilines is 1. The van der Waals surface area contributed by atoms with Crippen LogP contribution in [0.2, 0.25) is 5.02 Å². The van der Waals surface area contributed by atoms with Gasteiger partial charge in [-0.2, -0.15) is 0 Å². The van der Waals surface area contributed by atoms with E-state index in [4.69, 9.17) is 22.1 Å². The zero-order valence-electron chi connectivity index (χ0n) is 9.38. The normalized spacial score (nSPS) is 10.2. The average Bonchev–Trinajstić information content (AvgIpc) is 2.21. The van der Waals surface area contributed by atoms with Gasteiger partial charge in [0.15, 0.2) is 0 Å². The van der Waals surface area contributed by atoms with E-state index in [0.717, 1.165) is 17.8 Å². The van der Waals surface area contributed by atoms with Crippen LogP contribution in [0.4, 0.5) is 5.69 Å². The SMILES string of the molecule is COc1cc(C)c(N(C)CCN)cc1Cl. The third kappa shape index (κ3) is 2.76. The lowest BCUT2D eigenvalue weighted by atomic mass is 10.1. The van der Waals surface area contributed by atoms with Crippen molar-refractivity contribution in [2.75, 3.05) is 32.1 Å². The van der Waals surface area contributed by atoms with Crippen LogP contribution in [0, 0.1) is 6.92 Å². The first kappa shape index (κ1) is 12.1. The number of hydrogen-bond acceptors (Lipinski definition) is 3. The van der Waals surface area contributed by atoms with Crippen LogP contribution in [-0.2, 0) is 0 Å². The van der Waals surface area contributed by atoms with E-state index in [1.54, 1.807) is 7.11 Å². The van der Waals surface area contributed by atoms with Crippen molar-refractivity contribution in [3.05, 3.63) is 22.7 Å². The molecule has 0 aliphatic carbocycles. The fourth-order valence-electron chi connectivity index (χ4n) is 1.53. The molecule has 0 saturated heterocycles. The molecule has 0 aliphatic heterocycles. The largest absolute Gasteiger partial charge is 0.495 e. The number of ether oxygens (including phenoxy) is 1. The van der Waals surface area contributed by atoms with Gasteiger partial charge < -0.3 is 15.4 Å². The number of hydrogen-bond donors (Lipinski definition) is 1. The van der Waals surface area contributed by atoms with E-state index < -0.39 is 0 Å². The second-order valence-corrected chi connectivity index (χ2v) is 3.89. The highest BCUT2D eigenvalue weighted by Crippen LogP contribution is 2.31. The first-order valence-electron chi connectivity index (χ1n) is 4.85. The van der Waals surface area contributed by atoms with Gasteiger partial charge >= 0.3 is 0 Å². The number of aryl methyl sites for hydroxylation is 1. The van der Waals surface area contributed by atoms with E-state index in [2.05, 4.69) is 4.90 Å². The van der Waals surface area contributed by atoms with Gasteiger partial charge in [0, 0.05) is 25.8 Å². The highest BCUT2D eigenvalue weighted by molar-refractivity contribution is 6.32. The Morgan fingerprint density at radius 3 is 2.67 bits per heavy atom. The van der Waals surface area contributed by atoms with Crippen LogP contribution in [0.5, 0.6) is 5.75 Å². The Morgan fingerprint density at radius 2 is 2.13 bits per heavy atom. The van der Waals surface area contributed by atoms with Crippen LogP contribution >= 0.6 is 11.6 Å². The van der Waals surface area contributed by atoms with Crippen molar-refractivity contribution in [3.63, 3.8) is 0 Å². The molecule has 0 spiro atoms. The average molecular weight is 229 g/mol. The zero-order valence-corrected chi connectivity index (χ0v) is 10.1. The molecule has 0 saturated carbocycles. The molecule has 1 rings (SSSR count). The lowest BCUT2D eigenvalue weighted by Gasteiger charge is -2.21. The maximum Gasteiger partial charge on any atom is 0.137 e. The molecular weight excluding hydrogens is 212 g/mol. The Morgan fingerprint density at radius 1 is 1.47 bits per heavy atom. The maximum absolute atomic E-state index is 6.06. The lowest BCUT2D eigenvalue weighted by Crippen LogP contribution is -2.25. The van der Waals surface area contributed by atoms with Crippen LogP contribution in [0.25, 0.3) is 0 Å². The number of nitrogens with two attached hydrogens (primary N) is 1. The summed E-state index contributed by atoms with van der Waals surface area (Å²) in [5.41, 5.74) is 7.73. The van der Waals surface area contributed by atoms with Gasteiger partial charge in [-0.1, -0.05) is 11.6 Å². The molecule has 0 amide bonds. The molecule has 0 radical (unpaired) electrons. The molecule has 0 fully saturated rings. The molecule has 0 atom stereocenters. The second-order valence-electron chi connectivity index (χ2n) is 3.48. The molecule has 0 heterocycles. The van der Waals surface area contributed by atoms with Crippen molar-refractivity contribution in [1.82, 2.24) is 0 Å². The van der Waals surface area contributed by atoms with Gasteiger partial charge in [0.05, 0.1) is 12.1 Å². The van der Waals surface area contributed by atoms with Gasteiger partial charge in [0.25, 0.3) is 0 Å². The van der Waals surface area contributed by atoms with Gasteiger partial charge in [-0.05, 0) is 24.6 Å². The van der Waals surface area contributed by atoms with Gasteiger partial charge in [-0.3, -0.25) is 0 Å². The van der Waals surface area contributed by atoms with Crippen LogP contribution in [0.1, 0.15) is 5.56 Å². The van der Waals surface area contributed by atoms with Crippen molar-refractivity contribution >= 4 is 17.3 Å². The first-order chi connectivity index (χ1) is 7.10. The molecule has 0 aliphatic rings. The Balaban J connectivity index is 3.04.